The van der Waals surface area contributed by atoms with Crippen molar-refractivity contribution in [3.8, 4) is 5.95 Å². The lowest BCUT2D eigenvalue weighted by atomic mass is 10.2. The maximum atomic E-state index is 10.1. The molecule has 3 heteroatoms. The molecule has 0 N–H and O–H groups in total. The van der Waals surface area contributed by atoms with Gasteiger partial charge in [-0.2, -0.15) is 0 Å². The Bertz CT molecular complexity index is 442. The average molecular weight is 176 g/mol. The molecule has 3 nitrogen and oxygen atoms in total. The predicted octanol–water partition coefficient (Wildman–Crippen LogP) is 2.28. The second-order valence-corrected chi connectivity index (χ2v) is 2.72. The Labute approximate surface area is 74.9 Å². The van der Waals surface area contributed by atoms with Crippen LogP contribution in [0.25, 0.3) is 11.0 Å². The quantitative estimate of drug-likeness (QED) is 0.659. The number of hydrogen-bond acceptors (Lipinski definition) is 3. The van der Waals surface area contributed by atoms with Gasteiger partial charge in [-0.15, -0.1) is 0 Å². The van der Waals surface area contributed by atoms with E-state index in [1.54, 1.807) is 0 Å². The molecule has 1 aromatic carbocycles. The molecule has 1 heterocycles. The van der Waals surface area contributed by atoms with Crippen molar-refractivity contribution in [3.05, 3.63) is 29.8 Å². The zero-order valence-corrected chi connectivity index (χ0v) is 7.11. The Morgan fingerprint density at radius 1 is 1.38 bits per heavy atom. The maximum Gasteiger partial charge on any atom is 0.300 e. The van der Waals surface area contributed by atoms with Crippen LogP contribution in [0.5, 0.6) is 5.95 Å². The summed E-state index contributed by atoms with van der Waals surface area (Å²) in [6, 6.07) is 7.54. The van der Waals surface area contributed by atoms with E-state index in [9.17, 15) is 4.79 Å². The van der Waals surface area contributed by atoms with Gasteiger partial charge >= 0.3 is 6.47 Å². The molecule has 1 aromatic heterocycles. The highest BCUT2D eigenvalue weighted by Crippen LogP contribution is 2.30. The fraction of sp³-hybridized carbons (Fsp3) is 0.100. The van der Waals surface area contributed by atoms with Crippen LogP contribution in [0.1, 0.15) is 5.56 Å². The van der Waals surface area contributed by atoms with E-state index in [0.717, 1.165) is 16.5 Å². The second kappa shape index (κ2) is 2.94. The maximum absolute atomic E-state index is 10.1. The molecule has 0 unspecified atom stereocenters. The van der Waals surface area contributed by atoms with Gasteiger partial charge < -0.3 is 9.15 Å². The number of fused-ring (bicyclic) bond motifs is 1. The highest BCUT2D eigenvalue weighted by atomic mass is 16.6. The number of aryl methyl sites for hydroxylation is 1. The van der Waals surface area contributed by atoms with Gasteiger partial charge in [-0.25, -0.2) is 0 Å². The molecule has 0 spiro atoms. The van der Waals surface area contributed by atoms with Crippen LogP contribution in [0.15, 0.2) is 28.7 Å². The number of carbonyl (C=O) groups excluding carboxylic acids is 1. The molecule has 0 atom stereocenters. The summed E-state index contributed by atoms with van der Waals surface area (Å²) in [7, 11) is 0. The monoisotopic (exact) mass is 176 g/mol. The fourth-order valence-corrected chi connectivity index (χ4v) is 1.31. The zero-order chi connectivity index (χ0) is 9.26. The zero-order valence-electron chi connectivity index (χ0n) is 7.11. The van der Waals surface area contributed by atoms with E-state index in [0.29, 0.717) is 6.47 Å². The van der Waals surface area contributed by atoms with Crippen molar-refractivity contribution in [2.24, 2.45) is 0 Å². The van der Waals surface area contributed by atoms with Gasteiger partial charge in [0.25, 0.3) is 5.95 Å². The summed E-state index contributed by atoms with van der Waals surface area (Å²) < 4.78 is 9.96. The number of ether oxygens (including phenoxy) is 1. The molecule has 13 heavy (non-hydrogen) atoms. The normalized spacial score (nSPS) is 10.2. The Balaban J connectivity index is 2.66. The molecular formula is C10H8O3. The Hall–Kier alpha value is -1.77. The molecule has 2 aromatic rings. The third kappa shape index (κ3) is 1.18. The first-order valence-corrected chi connectivity index (χ1v) is 3.91. The van der Waals surface area contributed by atoms with E-state index >= 15 is 0 Å². The van der Waals surface area contributed by atoms with Crippen molar-refractivity contribution in [3.63, 3.8) is 0 Å². The van der Waals surface area contributed by atoms with E-state index in [1.165, 1.54) is 0 Å². The van der Waals surface area contributed by atoms with Crippen LogP contribution in [0.2, 0.25) is 0 Å². The van der Waals surface area contributed by atoms with Gasteiger partial charge in [0.1, 0.15) is 5.58 Å². The molecule has 0 aliphatic carbocycles. The largest absolute Gasteiger partial charge is 0.425 e. The summed E-state index contributed by atoms with van der Waals surface area (Å²) in [4.78, 5) is 10.1. The number of para-hydroxylation sites is 1. The molecule has 0 bridgehead atoms. The van der Waals surface area contributed by atoms with Gasteiger partial charge in [0.05, 0.1) is 0 Å². The molecular weight excluding hydrogens is 168 g/mol. The second-order valence-electron chi connectivity index (χ2n) is 2.72. The van der Waals surface area contributed by atoms with Crippen LogP contribution in [0.3, 0.4) is 0 Å². The topological polar surface area (TPSA) is 39.4 Å². The van der Waals surface area contributed by atoms with Gasteiger partial charge in [-0.05, 0) is 13.0 Å². The van der Waals surface area contributed by atoms with Crippen molar-refractivity contribution < 1.29 is 13.9 Å². The average Bonchev–Trinajstić information content (AvgIpc) is 2.46. The van der Waals surface area contributed by atoms with Crippen molar-refractivity contribution in [2.45, 2.75) is 6.92 Å². The molecule has 66 valence electrons. The summed E-state index contributed by atoms with van der Waals surface area (Å²) in [6.45, 7) is 2.22. The summed E-state index contributed by atoms with van der Waals surface area (Å²) in [5.74, 6) is 0.274. The fourth-order valence-electron chi connectivity index (χ4n) is 1.31. The molecule has 0 saturated heterocycles. The molecule has 0 radical (unpaired) electrons. The summed E-state index contributed by atoms with van der Waals surface area (Å²) in [6.07, 6.45) is 0. The molecule has 0 amide bonds. The molecule has 0 saturated carbocycles. The molecule has 0 aliphatic rings. The number of hydrogen-bond donors (Lipinski definition) is 0. The molecule has 0 fully saturated rings. The first-order chi connectivity index (χ1) is 6.33. The number of carbonyl (C=O) groups is 1. The van der Waals surface area contributed by atoms with Crippen LogP contribution in [0, 0.1) is 6.92 Å². The Morgan fingerprint density at radius 2 is 2.15 bits per heavy atom. The van der Waals surface area contributed by atoms with Gasteiger partial charge in [-0.1, -0.05) is 18.2 Å². The standard InChI is InChI=1S/C10H8O3/c1-7-8-4-2-3-5-9(8)13-10(7)12-6-11/h2-6H,1H3. The summed E-state index contributed by atoms with van der Waals surface area (Å²) in [5.41, 5.74) is 1.58. The predicted molar refractivity (Wildman–Crippen MR) is 47.6 cm³/mol. The van der Waals surface area contributed by atoms with Crippen molar-refractivity contribution in [1.29, 1.82) is 0 Å². The van der Waals surface area contributed by atoms with Crippen LogP contribution in [-0.2, 0) is 4.79 Å². The van der Waals surface area contributed by atoms with Crippen LogP contribution >= 0.6 is 0 Å². The highest BCUT2D eigenvalue weighted by Gasteiger charge is 2.09. The third-order valence-corrected chi connectivity index (χ3v) is 1.96. The van der Waals surface area contributed by atoms with Gasteiger partial charge in [-0.3, -0.25) is 4.79 Å². The third-order valence-electron chi connectivity index (χ3n) is 1.96. The van der Waals surface area contributed by atoms with E-state index in [2.05, 4.69) is 4.74 Å². The minimum absolute atomic E-state index is 0.274. The van der Waals surface area contributed by atoms with Gasteiger partial charge in [0, 0.05) is 10.9 Å². The van der Waals surface area contributed by atoms with Crippen molar-refractivity contribution in [2.75, 3.05) is 0 Å². The van der Waals surface area contributed by atoms with Crippen LogP contribution < -0.4 is 4.74 Å². The summed E-state index contributed by atoms with van der Waals surface area (Å²) >= 11 is 0. The number of benzene rings is 1. The van der Waals surface area contributed by atoms with Crippen LogP contribution in [0.4, 0.5) is 0 Å². The van der Waals surface area contributed by atoms with E-state index < -0.39 is 0 Å². The first kappa shape index (κ1) is 7.86. The van der Waals surface area contributed by atoms with Gasteiger partial charge in [0.2, 0.25) is 0 Å². The Morgan fingerprint density at radius 3 is 2.85 bits per heavy atom. The minimum atomic E-state index is 0.274. The van der Waals surface area contributed by atoms with E-state index in [1.807, 2.05) is 31.2 Å². The molecule has 0 aliphatic heterocycles. The number of furan rings is 1. The minimum Gasteiger partial charge on any atom is -0.425 e. The lowest BCUT2D eigenvalue weighted by Crippen LogP contribution is -1.87. The highest BCUT2D eigenvalue weighted by molar-refractivity contribution is 5.83. The first-order valence-electron chi connectivity index (χ1n) is 3.91. The van der Waals surface area contributed by atoms with Crippen molar-refractivity contribution in [1.82, 2.24) is 0 Å². The van der Waals surface area contributed by atoms with Gasteiger partial charge in [0.15, 0.2) is 0 Å². The summed E-state index contributed by atoms with van der Waals surface area (Å²) in [5, 5.41) is 0.972. The molecule has 2 rings (SSSR count). The number of rotatable bonds is 2. The SMILES string of the molecule is Cc1c(OC=O)oc2ccccc12. The lowest BCUT2D eigenvalue weighted by molar-refractivity contribution is -0.121. The van der Waals surface area contributed by atoms with E-state index in [4.69, 9.17) is 4.42 Å². The smallest absolute Gasteiger partial charge is 0.300 e. The Kier molecular flexibility index (Phi) is 1.77. The van der Waals surface area contributed by atoms with Crippen LogP contribution in [-0.4, -0.2) is 6.47 Å². The van der Waals surface area contributed by atoms with E-state index in [-0.39, 0.29) is 5.95 Å². The lowest BCUT2D eigenvalue weighted by Gasteiger charge is -1.90. The van der Waals surface area contributed by atoms with Crippen molar-refractivity contribution >= 4 is 17.4 Å².